The number of methoxy groups -OCH3 is 1. The van der Waals surface area contributed by atoms with Crippen molar-refractivity contribution < 1.29 is 9.53 Å². The molecule has 2 aromatic carbocycles. The van der Waals surface area contributed by atoms with Crippen LogP contribution in [0.25, 0.3) is 22.7 Å². The Balaban J connectivity index is 2.14. The summed E-state index contributed by atoms with van der Waals surface area (Å²) in [5, 5.41) is 0.980. The lowest BCUT2D eigenvalue weighted by Crippen LogP contribution is -2.32. The van der Waals surface area contributed by atoms with E-state index in [0.29, 0.717) is 5.70 Å². The van der Waals surface area contributed by atoms with E-state index in [1.807, 2.05) is 65.4 Å². The van der Waals surface area contributed by atoms with E-state index in [1.54, 1.807) is 13.2 Å². The van der Waals surface area contributed by atoms with Crippen molar-refractivity contribution in [1.82, 2.24) is 9.99 Å². The minimum Gasteiger partial charge on any atom is -0.497 e. The zero-order valence-corrected chi connectivity index (χ0v) is 12.7. The van der Waals surface area contributed by atoms with Crippen LogP contribution >= 0.6 is 0 Å². The third kappa shape index (κ3) is 2.95. The molecule has 23 heavy (non-hydrogen) atoms. The molecular weight excluding hydrogens is 290 g/mol. The number of ether oxygens (including phenoxy) is 1. The van der Waals surface area contributed by atoms with E-state index in [1.165, 1.54) is 0 Å². The standard InChI is InChI=1S/C18H17N3O2/c1-23-15-7-8-16-14(12-15)9-10-21(16)17(18(22)20-19)11-13-5-3-2-4-6-13/h2-12H,19H2,1H3,(H,20,22). The van der Waals surface area contributed by atoms with Crippen LogP contribution in [0.2, 0.25) is 0 Å². The summed E-state index contributed by atoms with van der Waals surface area (Å²) in [4.78, 5) is 12.2. The maximum Gasteiger partial charge on any atom is 0.282 e. The molecule has 0 aliphatic rings. The Morgan fingerprint density at radius 2 is 1.96 bits per heavy atom. The molecule has 0 fully saturated rings. The molecule has 3 rings (SSSR count). The minimum atomic E-state index is -0.359. The lowest BCUT2D eigenvalue weighted by atomic mass is 10.2. The van der Waals surface area contributed by atoms with Gasteiger partial charge in [0, 0.05) is 11.6 Å². The Labute approximate surface area is 133 Å². The molecule has 0 bridgehead atoms. The van der Waals surface area contributed by atoms with Crippen molar-refractivity contribution in [1.29, 1.82) is 0 Å². The first-order valence-corrected chi connectivity index (χ1v) is 7.16. The van der Waals surface area contributed by atoms with E-state index in [0.717, 1.165) is 22.2 Å². The summed E-state index contributed by atoms with van der Waals surface area (Å²) in [6, 6.07) is 17.3. The van der Waals surface area contributed by atoms with Crippen LogP contribution < -0.4 is 16.0 Å². The third-order valence-corrected chi connectivity index (χ3v) is 3.62. The molecule has 5 nitrogen and oxygen atoms in total. The number of hydrogen-bond donors (Lipinski definition) is 2. The van der Waals surface area contributed by atoms with E-state index < -0.39 is 0 Å². The van der Waals surface area contributed by atoms with Crippen molar-refractivity contribution in [2.75, 3.05) is 7.11 Å². The highest BCUT2D eigenvalue weighted by Gasteiger charge is 2.13. The number of nitrogens with one attached hydrogen (secondary N) is 1. The van der Waals surface area contributed by atoms with E-state index in [2.05, 4.69) is 5.43 Å². The number of nitrogens with two attached hydrogens (primary N) is 1. The van der Waals surface area contributed by atoms with Crippen LogP contribution in [0.3, 0.4) is 0 Å². The minimum absolute atomic E-state index is 0.359. The van der Waals surface area contributed by atoms with Crippen molar-refractivity contribution >= 4 is 28.6 Å². The predicted molar refractivity (Wildman–Crippen MR) is 91.4 cm³/mol. The average molecular weight is 307 g/mol. The number of carbonyl (C=O) groups is 1. The van der Waals surface area contributed by atoms with E-state index in [-0.39, 0.29) is 5.91 Å². The summed E-state index contributed by atoms with van der Waals surface area (Å²) in [5.74, 6) is 5.76. The van der Waals surface area contributed by atoms with Crippen molar-refractivity contribution in [3.8, 4) is 5.75 Å². The normalized spacial score (nSPS) is 11.5. The number of aromatic nitrogens is 1. The van der Waals surface area contributed by atoms with Crippen molar-refractivity contribution in [3.63, 3.8) is 0 Å². The molecule has 5 heteroatoms. The molecule has 3 N–H and O–H groups in total. The van der Waals surface area contributed by atoms with Crippen LogP contribution in [0.5, 0.6) is 5.75 Å². The molecule has 1 heterocycles. The molecule has 0 unspecified atom stereocenters. The first-order chi connectivity index (χ1) is 11.2. The number of nitrogens with zero attached hydrogens (tertiary/aromatic N) is 1. The molecule has 0 spiro atoms. The van der Waals surface area contributed by atoms with Crippen LogP contribution in [-0.2, 0) is 4.79 Å². The summed E-state index contributed by atoms with van der Waals surface area (Å²) in [6.07, 6.45) is 3.64. The van der Waals surface area contributed by atoms with Crippen LogP contribution in [0.1, 0.15) is 5.56 Å². The molecule has 0 saturated carbocycles. The molecule has 0 radical (unpaired) electrons. The first-order valence-electron chi connectivity index (χ1n) is 7.16. The second-order valence-electron chi connectivity index (χ2n) is 5.02. The zero-order chi connectivity index (χ0) is 16.2. The number of hydrogen-bond acceptors (Lipinski definition) is 3. The Morgan fingerprint density at radius 3 is 2.65 bits per heavy atom. The smallest absolute Gasteiger partial charge is 0.282 e. The Hall–Kier alpha value is -3.05. The fourth-order valence-corrected chi connectivity index (χ4v) is 2.48. The topological polar surface area (TPSA) is 69.3 Å². The van der Waals surface area contributed by atoms with Gasteiger partial charge in [-0.3, -0.25) is 10.2 Å². The first kappa shape index (κ1) is 14.9. The van der Waals surface area contributed by atoms with Gasteiger partial charge in [-0.25, -0.2) is 5.84 Å². The summed E-state index contributed by atoms with van der Waals surface area (Å²) >= 11 is 0. The molecule has 116 valence electrons. The van der Waals surface area contributed by atoms with Gasteiger partial charge >= 0.3 is 0 Å². The van der Waals surface area contributed by atoms with Crippen LogP contribution in [0, 0.1) is 0 Å². The van der Waals surface area contributed by atoms with Crippen LogP contribution in [-0.4, -0.2) is 17.6 Å². The van der Waals surface area contributed by atoms with Gasteiger partial charge < -0.3 is 9.30 Å². The second kappa shape index (κ2) is 6.37. The van der Waals surface area contributed by atoms with Crippen molar-refractivity contribution in [3.05, 3.63) is 66.4 Å². The van der Waals surface area contributed by atoms with Gasteiger partial charge in [0.05, 0.1) is 12.6 Å². The molecule has 0 aliphatic heterocycles. The highest BCUT2D eigenvalue weighted by atomic mass is 16.5. The van der Waals surface area contributed by atoms with E-state index >= 15 is 0 Å². The fourth-order valence-electron chi connectivity index (χ4n) is 2.48. The van der Waals surface area contributed by atoms with Gasteiger partial charge in [-0.05, 0) is 35.9 Å². The van der Waals surface area contributed by atoms with Gasteiger partial charge in [-0.15, -0.1) is 0 Å². The SMILES string of the molecule is COc1ccc2c(ccn2C(=Cc2ccccc2)C(=O)NN)c1. The molecule has 0 aliphatic carbocycles. The van der Waals surface area contributed by atoms with Gasteiger partial charge in [0.25, 0.3) is 5.91 Å². The quantitative estimate of drug-likeness (QED) is 0.337. The number of carbonyl (C=O) groups excluding carboxylic acids is 1. The highest BCUT2D eigenvalue weighted by molar-refractivity contribution is 6.19. The monoisotopic (exact) mass is 307 g/mol. The summed E-state index contributed by atoms with van der Waals surface area (Å²) in [6.45, 7) is 0. The van der Waals surface area contributed by atoms with Crippen LogP contribution in [0.4, 0.5) is 0 Å². The van der Waals surface area contributed by atoms with Crippen molar-refractivity contribution in [2.24, 2.45) is 5.84 Å². The maximum absolute atomic E-state index is 12.2. The molecule has 0 atom stereocenters. The number of amides is 1. The Bertz CT molecular complexity index is 866. The van der Waals surface area contributed by atoms with Gasteiger partial charge in [0.1, 0.15) is 11.4 Å². The maximum atomic E-state index is 12.2. The van der Waals surface area contributed by atoms with Gasteiger partial charge in [-0.2, -0.15) is 0 Å². The molecular formula is C18H17N3O2. The van der Waals surface area contributed by atoms with E-state index in [9.17, 15) is 4.79 Å². The largest absolute Gasteiger partial charge is 0.497 e. The van der Waals surface area contributed by atoms with Gasteiger partial charge in [0.2, 0.25) is 0 Å². The molecule has 1 aromatic heterocycles. The lowest BCUT2D eigenvalue weighted by Gasteiger charge is -2.10. The van der Waals surface area contributed by atoms with Gasteiger partial charge in [0.15, 0.2) is 0 Å². The highest BCUT2D eigenvalue weighted by Crippen LogP contribution is 2.25. The summed E-state index contributed by atoms with van der Waals surface area (Å²) < 4.78 is 7.04. The number of fused-ring (bicyclic) bond motifs is 1. The number of hydrazine groups is 1. The second-order valence-corrected chi connectivity index (χ2v) is 5.02. The number of rotatable bonds is 4. The molecule has 0 saturated heterocycles. The fraction of sp³-hybridized carbons (Fsp3) is 0.0556. The van der Waals surface area contributed by atoms with Crippen LogP contribution in [0.15, 0.2) is 60.8 Å². The summed E-state index contributed by atoms with van der Waals surface area (Å²) in [5.41, 5.74) is 4.47. The number of benzene rings is 2. The average Bonchev–Trinajstić information content (AvgIpc) is 3.02. The third-order valence-electron chi connectivity index (χ3n) is 3.62. The van der Waals surface area contributed by atoms with E-state index in [4.69, 9.17) is 10.6 Å². The Kier molecular flexibility index (Phi) is 4.12. The summed E-state index contributed by atoms with van der Waals surface area (Å²) in [7, 11) is 1.63. The lowest BCUT2D eigenvalue weighted by molar-refractivity contribution is -0.115. The van der Waals surface area contributed by atoms with Gasteiger partial charge in [-0.1, -0.05) is 30.3 Å². The van der Waals surface area contributed by atoms with Crippen molar-refractivity contribution in [2.45, 2.75) is 0 Å². The Morgan fingerprint density at radius 1 is 1.17 bits per heavy atom. The molecule has 3 aromatic rings. The predicted octanol–water partition coefficient (Wildman–Crippen LogP) is 2.64. The molecule has 1 amide bonds. The zero-order valence-electron chi connectivity index (χ0n) is 12.7.